The van der Waals surface area contributed by atoms with Crippen molar-refractivity contribution in [2.45, 2.75) is 55.3 Å². The monoisotopic (exact) mass is 597 g/mol. The number of para-hydroxylation sites is 1. The minimum atomic E-state index is -2.60. The van der Waals surface area contributed by atoms with Crippen molar-refractivity contribution in [2.24, 2.45) is 16.5 Å². The summed E-state index contributed by atoms with van der Waals surface area (Å²) in [6.07, 6.45) is 0.804. The first-order chi connectivity index (χ1) is 19.9. The number of fused-ring (bicyclic) bond motifs is 1. The number of nitrogens with zero attached hydrogens (tertiary/aromatic N) is 2. The third-order valence-electron chi connectivity index (χ3n) is 8.74. The smallest absolute Gasteiger partial charge is 0.343 e. The quantitative estimate of drug-likeness (QED) is 0.174. The molecule has 0 bridgehead atoms. The molecule has 0 radical (unpaired) electrons. The zero-order valence-electron chi connectivity index (χ0n) is 23.1. The van der Waals surface area contributed by atoms with Gasteiger partial charge in [0.25, 0.3) is 17.5 Å². The highest BCUT2D eigenvalue weighted by molar-refractivity contribution is 6.33. The molecule has 4 aliphatic heterocycles. The van der Waals surface area contributed by atoms with Gasteiger partial charge in [0.05, 0.1) is 29.3 Å². The number of benzene rings is 2. The Labute approximate surface area is 247 Å². The fourth-order valence-electron chi connectivity index (χ4n) is 6.46. The van der Waals surface area contributed by atoms with Gasteiger partial charge in [-0.25, -0.2) is 10.3 Å². The fourth-order valence-corrected chi connectivity index (χ4v) is 6.68. The Morgan fingerprint density at radius 2 is 1.90 bits per heavy atom. The van der Waals surface area contributed by atoms with Crippen LogP contribution in [0.3, 0.4) is 0 Å². The van der Waals surface area contributed by atoms with Crippen molar-refractivity contribution >= 4 is 35.3 Å². The number of ether oxygens (including phenoxy) is 1. The van der Waals surface area contributed by atoms with Crippen molar-refractivity contribution in [3.63, 3.8) is 0 Å². The second-order valence-corrected chi connectivity index (χ2v) is 12.1. The summed E-state index contributed by atoms with van der Waals surface area (Å²) in [6.45, 7) is 4.52. The molecule has 1 spiro atoms. The Hall–Kier alpha value is -4.07. The minimum absolute atomic E-state index is 0.0151. The maximum absolute atomic E-state index is 13.6. The average molecular weight is 598 g/mol. The summed E-state index contributed by atoms with van der Waals surface area (Å²) in [5.74, 6) is -3.03. The molecule has 2 amide bonds. The Bertz CT molecular complexity index is 1530. The molecule has 0 saturated carbocycles. The molecule has 1 saturated heterocycles. The van der Waals surface area contributed by atoms with Crippen LogP contribution in [0.1, 0.15) is 46.5 Å². The number of nitrogens with two attached hydrogens (primary N) is 2. The molecular weight excluding hydrogens is 564 g/mol. The van der Waals surface area contributed by atoms with E-state index in [0.717, 1.165) is 12.0 Å². The number of hydrogen-bond acceptors (Lipinski definition) is 10. The number of nitrogens with one attached hydrogen (secondary N) is 4. The van der Waals surface area contributed by atoms with E-state index in [0.29, 0.717) is 17.9 Å². The molecule has 10 N–H and O–H groups in total. The largest absolute Gasteiger partial charge is 0.492 e. The maximum atomic E-state index is 13.6. The van der Waals surface area contributed by atoms with E-state index in [2.05, 4.69) is 39.8 Å². The van der Waals surface area contributed by atoms with Crippen LogP contribution >= 0.6 is 11.6 Å². The molecule has 0 aromatic heterocycles. The van der Waals surface area contributed by atoms with Crippen molar-refractivity contribution in [1.82, 2.24) is 20.9 Å². The molecule has 2 aromatic rings. The molecule has 2 aromatic carbocycles. The van der Waals surface area contributed by atoms with E-state index in [1.165, 1.54) is 4.90 Å². The summed E-state index contributed by atoms with van der Waals surface area (Å²) in [4.78, 5) is 35.5. The van der Waals surface area contributed by atoms with Crippen LogP contribution < -0.4 is 37.1 Å². The molecule has 0 aliphatic carbocycles. The lowest BCUT2D eigenvalue weighted by molar-refractivity contribution is -0.521. The summed E-state index contributed by atoms with van der Waals surface area (Å²) in [6, 6.07) is 9.12. The number of halogens is 1. The van der Waals surface area contributed by atoms with Crippen LogP contribution in [0.25, 0.3) is 0 Å². The number of hydrogen-bond donors (Lipinski definition) is 8. The van der Waals surface area contributed by atoms with E-state index < -0.39 is 41.4 Å². The number of carbonyl (C=O) groups is 2. The van der Waals surface area contributed by atoms with Crippen molar-refractivity contribution in [3.8, 4) is 5.75 Å². The van der Waals surface area contributed by atoms with Crippen LogP contribution in [0.5, 0.6) is 5.75 Å². The van der Waals surface area contributed by atoms with Crippen LogP contribution in [0.15, 0.2) is 47.5 Å². The zero-order valence-corrected chi connectivity index (χ0v) is 23.9. The predicted octanol–water partition coefficient (Wildman–Crippen LogP) is -2.31. The third-order valence-corrected chi connectivity index (χ3v) is 9.07. The molecule has 1 fully saturated rings. The van der Waals surface area contributed by atoms with Crippen LogP contribution in [0.4, 0.5) is 0 Å². The van der Waals surface area contributed by atoms with Gasteiger partial charge in [-0.05, 0) is 30.0 Å². The molecular formula is C28H34ClN8O5+. The molecule has 4 atom stereocenters. The molecule has 4 heterocycles. The van der Waals surface area contributed by atoms with Crippen LogP contribution in [-0.4, -0.2) is 88.1 Å². The zero-order chi connectivity index (χ0) is 30.0. The van der Waals surface area contributed by atoms with Crippen LogP contribution in [-0.2, 0) is 5.41 Å². The van der Waals surface area contributed by atoms with Crippen molar-refractivity contribution < 1.29 is 29.5 Å². The van der Waals surface area contributed by atoms with E-state index in [-0.39, 0.29) is 41.0 Å². The van der Waals surface area contributed by atoms with E-state index in [1.54, 1.807) is 36.4 Å². The lowest BCUT2D eigenvalue weighted by atomic mass is 9.79. The van der Waals surface area contributed by atoms with Gasteiger partial charge in [0, 0.05) is 12.1 Å². The molecule has 42 heavy (non-hydrogen) atoms. The lowest BCUT2D eigenvalue weighted by Crippen LogP contribution is -2.90. The summed E-state index contributed by atoms with van der Waals surface area (Å²) in [7, 11) is 0. The van der Waals surface area contributed by atoms with Gasteiger partial charge in [-0.3, -0.25) is 25.2 Å². The number of rotatable bonds is 5. The molecule has 222 valence electrons. The topological polar surface area (TPSA) is 202 Å². The van der Waals surface area contributed by atoms with E-state index in [1.807, 2.05) is 6.07 Å². The van der Waals surface area contributed by atoms with Crippen molar-refractivity contribution in [2.75, 3.05) is 19.7 Å². The minimum Gasteiger partial charge on any atom is -0.492 e. The number of aliphatic imine (C=N–C) groups is 1. The van der Waals surface area contributed by atoms with Crippen LogP contribution in [0, 0.1) is 0 Å². The van der Waals surface area contributed by atoms with Gasteiger partial charge in [0.1, 0.15) is 17.8 Å². The van der Waals surface area contributed by atoms with Crippen molar-refractivity contribution in [1.29, 1.82) is 0 Å². The van der Waals surface area contributed by atoms with E-state index in [9.17, 15) is 19.8 Å². The van der Waals surface area contributed by atoms with Gasteiger partial charge in [0.15, 0.2) is 12.0 Å². The fraction of sp³-hybridized carbons (Fsp3) is 0.429. The first-order valence-electron chi connectivity index (χ1n) is 13.7. The molecule has 13 nitrogen and oxygen atoms in total. The first-order valence-corrected chi connectivity index (χ1v) is 14.1. The van der Waals surface area contributed by atoms with E-state index >= 15 is 0 Å². The van der Waals surface area contributed by atoms with Gasteiger partial charge >= 0.3 is 5.96 Å². The SMILES string of the molecule is CC1(C)CCOc2c(C(=O)NC3CN4C(N)=N[C@@H](CNC(=O)c5ccccc5Cl)[C@@H]5[NH+]=C(N)N[C@@]54C3(O)O)cccc21. The lowest BCUT2D eigenvalue weighted by Gasteiger charge is -2.46. The van der Waals surface area contributed by atoms with Gasteiger partial charge in [-0.2, -0.15) is 0 Å². The highest BCUT2D eigenvalue weighted by Crippen LogP contribution is 2.43. The first kappa shape index (κ1) is 28.1. The van der Waals surface area contributed by atoms with Gasteiger partial charge in [-0.15, -0.1) is 0 Å². The second-order valence-electron chi connectivity index (χ2n) is 11.7. The predicted molar refractivity (Wildman–Crippen MR) is 154 cm³/mol. The summed E-state index contributed by atoms with van der Waals surface area (Å²) in [5, 5.41) is 32.3. The Morgan fingerprint density at radius 3 is 2.67 bits per heavy atom. The normalized spacial score (nSPS) is 28.2. The Kier molecular flexibility index (Phi) is 6.52. The Morgan fingerprint density at radius 1 is 1.17 bits per heavy atom. The number of aliphatic hydroxyl groups is 2. The number of carbonyl (C=O) groups excluding carboxylic acids is 2. The van der Waals surface area contributed by atoms with Crippen molar-refractivity contribution in [3.05, 3.63) is 64.2 Å². The number of guanidine groups is 2. The summed E-state index contributed by atoms with van der Waals surface area (Å²) < 4.78 is 5.90. The third kappa shape index (κ3) is 4.14. The molecule has 1 unspecified atom stereocenters. The standard InChI is InChI=1S/C28H33ClN8O5/c1-26(2)10-11-42-20-15(7-5-8-16(20)26)23(39)34-19-13-37-25(31)33-18(12-32-22(38)14-6-3-4-9-17(14)29)21-27(37,28(19,40)41)36-24(30)35-21/h3-9,18-19,21,40-41H,10-13H2,1-2H3,(H2,31,33)(H,32,38)(H,34,39)(H3,30,35,36)/p+1/t18-,19?,21-,27-/m0/s1. The van der Waals surface area contributed by atoms with Gasteiger partial charge in [0.2, 0.25) is 5.79 Å². The highest BCUT2D eigenvalue weighted by Gasteiger charge is 2.76. The molecule has 6 rings (SSSR count). The summed E-state index contributed by atoms with van der Waals surface area (Å²) >= 11 is 6.17. The Balaban J connectivity index is 1.27. The maximum Gasteiger partial charge on any atom is 0.343 e. The number of amides is 2. The summed E-state index contributed by atoms with van der Waals surface area (Å²) in [5.41, 5.74) is 12.1. The highest BCUT2D eigenvalue weighted by atomic mass is 35.5. The van der Waals surface area contributed by atoms with Gasteiger partial charge < -0.3 is 31.3 Å². The second kappa shape index (κ2) is 9.75. The van der Waals surface area contributed by atoms with Crippen LogP contribution in [0.2, 0.25) is 5.02 Å². The van der Waals surface area contributed by atoms with Gasteiger partial charge in [-0.1, -0.05) is 49.7 Å². The molecule has 4 aliphatic rings. The molecule has 14 heteroatoms. The van der Waals surface area contributed by atoms with E-state index in [4.69, 9.17) is 27.8 Å². The average Bonchev–Trinajstić information content (AvgIpc) is 3.41.